The van der Waals surface area contributed by atoms with Crippen LogP contribution in [-0.4, -0.2) is 15.6 Å². The Bertz CT molecular complexity index is 1050. The highest BCUT2D eigenvalue weighted by Crippen LogP contribution is 2.50. The number of allylic oxidation sites excluding steroid dienone is 2. The van der Waals surface area contributed by atoms with E-state index in [1.807, 2.05) is 4.57 Å². The van der Waals surface area contributed by atoms with Crippen LogP contribution in [0.2, 0.25) is 0 Å². The molecule has 0 unspecified atom stereocenters. The van der Waals surface area contributed by atoms with Crippen molar-refractivity contribution in [3.63, 3.8) is 0 Å². The van der Waals surface area contributed by atoms with Crippen molar-refractivity contribution < 1.29 is 9.90 Å². The summed E-state index contributed by atoms with van der Waals surface area (Å²) in [6, 6.07) is 8.12. The average molecular weight is 363 g/mol. The number of aromatic nitrogens is 1. The summed E-state index contributed by atoms with van der Waals surface area (Å²) in [7, 11) is 0. The molecule has 2 aromatic rings. The second-order valence-electron chi connectivity index (χ2n) is 8.67. The van der Waals surface area contributed by atoms with Crippen molar-refractivity contribution >= 4 is 17.1 Å². The number of hydrogen-bond acceptors (Lipinski definition) is 2. The first kappa shape index (κ1) is 17.8. The van der Waals surface area contributed by atoms with Gasteiger partial charge < -0.3 is 9.67 Å². The van der Waals surface area contributed by atoms with Crippen molar-refractivity contribution in [2.75, 3.05) is 0 Å². The van der Waals surface area contributed by atoms with Crippen LogP contribution in [0, 0.1) is 5.41 Å². The Labute approximate surface area is 159 Å². The third kappa shape index (κ3) is 2.66. The first-order valence-electron chi connectivity index (χ1n) is 9.55. The summed E-state index contributed by atoms with van der Waals surface area (Å²) in [4.78, 5) is 24.0. The summed E-state index contributed by atoms with van der Waals surface area (Å²) in [5.41, 5.74) is 6.77. The maximum atomic E-state index is 12.5. The minimum absolute atomic E-state index is 0.0662. The molecule has 0 radical (unpaired) electrons. The number of fused-ring (bicyclic) bond motifs is 4. The lowest BCUT2D eigenvalue weighted by Crippen LogP contribution is -2.32. The number of nitrogens with zero attached hydrogens (tertiary/aromatic N) is 1. The van der Waals surface area contributed by atoms with E-state index in [-0.39, 0.29) is 17.0 Å². The predicted molar refractivity (Wildman–Crippen MR) is 107 cm³/mol. The number of pyridine rings is 1. The summed E-state index contributed by atoms with van der Waals surface area (Å²) in [5, 5.41) is 9.43. The highest BCUT2D eigenvalue weighted by molar-refractivity contribution is 5.98. The van der Waals surface area contributed by atoms with Crippen molar-refractivity contribution in [3.05, 3.63) is 68.6 Å². The summed E-state index contributed by atoms with van der Waals surface area (Å²) in [6.07, 6.45) is 4.21. The second-order valence-corrected chi connectivity index (χ2v) is 8.67. The Morgan fingerprint density at radius 1 is 1.26 bits per heavy atom. The van der Waals surface area contributed by atoms with Crippen LogP contribution in [-0.2, 0) is 12.8 Å². The second kappa shape index (κ2) is 5.95. The van der Waals surface area contributed by atoms with Gasteiger partial charge in [0.2, 0.25) is 0 Å². The standard InChI is InChI=1S/C23H25NO3/c1-5-13-7-6-8-14-15(13)9-17-16(14)10-21(23(2,3)4)24-12-18(22(26)27)20(25)11-19(17)24/h6-8,11-12,21H,5,9-10H2,1-4H3,(H,26,27)/t21-/m0/s1. The molecule has 2 aliphatic rings. The molecule has 0 saturated carbocycles. The molecule has 0 saturated heterocycles. The molecule has 1 aromatic carbocycles. The van der Waals surface area contributed by atoms with Crippen molar-refractivity contribution in [2.24, 2.45) is 5.41 Å². The lowest BCUT2D eigenvalue weighted by molar-refractivity contribution is 0.0693. The molecular formula is C23H25NO3. The Morgan fingerprint density at radius 2 is 2.00 bits per heavy atom. The molecule has 1 aliphatic carbocycles. The van der Waals surface area contributed by atoms with Crippen molar-refractivity contribution in [2.45, 2.75) is 53.0 Å². The number of carboxylic acids is 1. The van der Waals surface area contributed by atoms with Crippen molar-refractivity contribution in [3.8, 4) is 0 Å². The zero-order valence-corrected chi connectivity index (χ0v) is 16.3. The van der Waals surface area contributed by atoms with Crippen molar-refractivity contribution in [1.29, 1.82) is 0 Å². The average Bonchev–Trinajstić information content (AvgIpc) is 2.98. The van der Waals surface area contributed by atoms with E-state index in [1.165, 1.54) is 33.9 Å². The van der Waals surface area contributed by atoms with Gasteiger partial charge in [0.1, 0.15) is 5.56 Å². The van der Waals surface area contributed by atoms with E-state index in [1.54, 1.807) is 6.20 Å². The van der Waals surface area contributed by atoms with Gasteiger partial charge in [0.15, 0.2) is 5.43 Å². The Hall–Kier alpha value is -2.62. The molecule has 1 aromatic heterocycles. The number of benzene rings is 1. The Kier molecular flexibility index (Phi) is 3.91. The van der Waals surface area contributed by atoms with Gasteiger partial charge in [-0.25, -0.2) is 4.79 Å². The van der Waals surface area contributed by atoms with Gasteiger partial charge in [-0.05, 0) is 46.1 Å². The number of rotatable bonds is 2. The topological polar surface area (TPSA) is 59.3 Å². The molecule has 1 N–H and O–H groups in total. The van der Waals surface area contributed by atoms with Crippen LogP contribution < -0.4 is 5.43 Å². The predicted octanol–water partition coefficient (Wildman–Crippen LogP) is 4.57. The van der Waals surface area contributed by atoms with Gasteiger partial charge in [0.05, 0.1) is 0 Å². The van der Waals surface area contributed by atoms with Crippen LogP contribution in [0.5, 0.6) is 0 Å². The smallest absolute Gasteiger partial charge is 0.341 e. The maximum Gasteiger partial charge on any atom is 0.341 e. The molecule has 0 amide bonds. The minimum Gasteiger partial charge on any atom is -0.477 e. The molecule has 27 heavy (non-hydrogen) atoms. The molecule has 0 spiro atoms. The largest absolute Gasteiger partial charge is 0.477 e. The van der Waals surface area contributed by atoms with Crippen LogP contribution in [0.15, 0.2) is 35.3 Å². The molecule has 1 aliphatic heterocycles. The molecule has 140 valence electrons. The van der Waals surface area contributed by atoms with Crippen molar-refractivity contribution in [1.82, 2.24) is 4.57 Å². The molecular weight excluding hydrogens is 338 g/mol. The Balaban J connectivity index is 1.98. The third-order valence-electron chi connectivity index (χ3n) is 6.05. The monoisotopic (exact) mass is 363 g/mol. The number of carbonyl (C=O) groups is 1. The fourth-order valence-electron chi connectivity index (χ4n) is 4.61. The highest BCUT2D eigenvalue weighted by atomic mass is 16.4. The van der Waals surface area contributed by atoms with E-state index < -0.39 is 11.4 Å². The van der Waals surface area contributed by atoms with Gasteiger partial charge in [-0.3, -0.25) is 4.79 Å². The number of hydrogen-bond donors (Lipinski definition) is 1. The van der Waals surface area contributed by atoms with Crippen LogP contribution in [0.25, 0.3) is 11.1 Å². The number of aryl methyl sites for hydroxylation is 1. The third-order valence-corrected chi connectivity index (χ3v) is 6.05. The first-order valence-corrected chi connectivity index (χ1v) is 9.55. The molecule has 4 heteroatoms. The van der Waals surface area contributed by atoms with E-state index >= 15 is 0 Å². The fraction of sp³-hybridized carbons (Fsp3) is 0.391. The summed E-state index contributed by atoms with van der Waals surface area (Å²) in [6.45, 7) is 8.68. The molecule has 1 atom stereocenters. The van der Waals surface area contributed by atoms with E-state index in [0.717, 1.165) is 25.0 Å². The molecule has 4 rings (SSSR count). The minimum atomic E-state index is -1.16. The van der Waals surface area contributed by atoms with E-state index in [0.29, 0.717) is 0 Å². The van der Waals surface area contributed by atoms with Crippen LogP contribution in [0.3, 0.4) is 0 Å². The van der Waals surface area contributed by atoms with Gasteiger partial charge in [0.25, 0.3) is 0 Å². The summed E-state index contributed by atoms with van der Waals surface area (Å²) in [5.74, 6) is -1.16. The van der Waals surface area contributed by atoms with E-state index in [4.69, 9.17) is 0 Å². The quantitative estimate of drug-likeness (QED) is 0.850. The Morgan fingerprint density at radius 3 is 2.63 bits per heavy atom. The van der Waals surface area contributed by atoms with E-state index in [2.05, 4.69) is 45.9 Å². The van der Waals surface area contributed by atoms with Gasteiger partial charge in [-0.1, -0.05) is 45.9 Å². The highest BCUT2D eigenvalue weighted by Gasteiger charge is 2.38. The maximum absolute atomic E-state index is 12.5. The van der Waals surface area contributed by atoms with Gasteiger partial charge in [0, 0.05) is 30.4 Å². The molecule has 0 bridgehead atoms. The SMILES string of the molecule is CCc1cccc2c1CC1=C2C[C@@H](C(C)(C)C)n2cc(C(=O)O)c(=O)cc21. The fourth-order valence-corrected chi connectivity index (χ4v) is 4.61. The first-order chi connectivity index (χ1) is 12.7. The van der Waals surface area contributed by atoms with Crippen LogP contribution in [0.1, 0.15) is 72.9 Å². The zero-order chi connectivity index (χ0) is 19.5. The molecule has 0 fully saturated rings. The molecule has 4 nitrogen and oxygen atoms in total. The van der Waals surface area contributed by atoms with Crippen LogP contribution >= 0.6 is 0 Å². The summed E-state index contributed by atoms with van der Waals surface area (Å²) >= 11 is 0. The molecule has 2 heterocycles. The number of aromatic carboxylic acids is 1. The van der Waals surface area contributed by atoms with Gasteiger partial charge in [-0.2, -0.15) is 0 Å². The summed E-state index contributed by atoms with van der Waals surface area (Å²) < 4.78 is 2.04. The van der Waals surface area contributed by atoms with Gasteiger partial charge in [-0.15, -0.1) is 0 Å². The zero-order valence-electron chi connectivity index (χ0n) is 16.3. The normalized spacial score (nSPS) is 18.1. The number of carboxylic acid groups (broad SMARTS) is 1. The van der Waals surface area contributed by atoms with Gasteiger partial charge >= 0.3 is 5.97 Å². The van der Waals surface area contributed by atoms with E-state index in [9.17, 15) is 14.7 Å². The lowest BCUT2D eigenvalue weighted by Gasteiger charge is -2.39. The lowest BCUT2D eigenvalue weighted by atomic mass is 9.78. The van der Waals surface area contributed by atoms with Crippen LogP contribution in [0.4, 0.5) is 0 Å².